The highest BCUT2D eigenvalue weighted by Gasteiger charge is 2.36. The number of aliphatic carboxylic acids is 1. The number of nitrogens with one attached hydrogen (secondary N) is 1. The number of carbonyl (C=O) groups excluding carboxylic acids is 1. The Kier molecular flexibility index (Phi) is 4.50. The van der Waals surface area contributed by atoms with Crippen LogP contribution in [0.5, 0.6) is 0 Å². The topological polar surface area (TPSA) is 108 Å². The molecule has 0 radical (unpaired) electrons. The van der Waals surface area contributed by atoms with Crippen molar-refractivity contribution in [2.24, 2.45) is 0 Å². The number of halogens is 2. The van der Waals surface area contributed by atoms with Crippen molar-refractivity contribution in [1.82, 2.24) is 9.88 Å². The Hall–Kier alpha value is -1.25. The van der Waals surface area contributed by atoms with Crippen molar-refractivity contribution in [3.05, 3.63) is 21.9 Å². The van der Waals surface area contributed by atoms with Gasteiger partial charge in [-0.15, -0.1) is 0 Å². The summed E-state index contributed by atoms with van der Waals surface area (Å²) in [4.78, 5) is 27.0. The molecule has 10 heteroatoms. The van der Waals surface area contributed by atoms with Gasteiger partial charge >= 0.3 is 5.97 Å². The molecule has 0 aliphatic carbocycles. The van der Waals surface area contributed by atoms with Crippen molar-refractivity contribution in [3.8, 4) is 0 Å². The fourth-order valence-corrected chi connectivity index (χ4v) is 4.04. The fourth-order valence-electron chi connectivity index (χ4n) is 2.20. The summed E-state index contributed by atoms with van der Waals surface area (Å²) in [6, 6.07) is 0.419. The first kappa shape index (κ1) is 16.1. The number of hydrogen-bond acceptors (Lipinski definition) is 4. The van der Waals surface area contributed by atoms with Crippen molar-refractivity contribution >= 4 is 44.9 Å². The quantitative estimate of drug-likeness (QED) is 0.842. The van der Waals surface area contributed by atoms with E-state index in [9.17, 15) is 18.0 Å². The lowest BCUT2D eigenvalue weighted by Crippen LogP contribution is -2.52. The standard InChI is InChI=1S/C11H12Cl2N2O5S/c12-7-4-8(14-10(7)13)11(18)15-1-2-21(19,20)5-6(15)3-9(16)17/h4,6,14H,1-3,5H2,(H,16,17). The summed E-state index contributed by atoms with van der Waals surface area (Å²) in [6.07, 6.45) is -0.437. The Bertz CT molecular complexity index is 665. The number of H-pyrrole nitrogens is 1. The van der Waals surface area contributed by atoms with Crippen LogP contribution in [-0.2, 0) is 14.6 Å². The van der Waals surface area contributed by atoms with Crippen LogP contribution in [0.2, 0.25) is 10.2 Å². The van der Waals surface area contributed by atoms with E-state index < -0.39 is 34.2 Å². The number of rotatable bonds is 3. The second-order valence-electron chi connectivity index (χ2n) is 4.71. The lowest BCUT2D eigenvalue weighted by molar-refractivity contribution is -0.138. The molecule has 1 atom stereocenters. The van der Waals surface area contributed by atoms with Crippen LogP contribution in [0.4, 0.5) is 0 Å². The normalized spacial score (nSPS) is 21.2. The molecule has 1 fully saturated rings. The molecular weight excluding hydrogens is 343 g/mol. The van der Waals surface area contributed by atoms with E-state index in [0.29, 0.717) is 0 Å². The van der Waals surface area contributed by atoms with E-state index in [1.807, 2.05) is 0 Å². The smallest absolute Gasteiger partial charge is 0.305 e. The maximum absolute atomic E-state index is 12.4. The van der Waals surface area contributed by atoms with Gasteiger partial charge < -0.3 is 15.0 Å². The number of carboxylic acid groups (broad SMARTS) is 1. The van der Waals surface area contributed by atoms with Crippen molar-refractivity contribution in [2.45, 2.75) is 12.5 Å². The lowest BCUT2D eigenvalue weighted by atomic mass is 10.2. The van der Waals surface area contributed by atoms with E-state index in [-0.39, 0.29) is 33.9 Å². The zero-order chi connectivity index (χ0) is 15.8. The van der Waals surface area contributed by atoms with Gasteiger partial charge in [0.05, 0.1) is 29.0 Å². The SMILES string of the molecule is O=C(O)CC1CS(=O)(=O)CCN1C(=O)c1cc(Cl)c(Cl)[nH]1. The maximum Gasteiger partial charge on any atom is 0.305 e. The Morgan fingerprint density at radius 2 is 2.10 bits per heavy atom. The van der Waals surface area contributed by atoms with Crippen molar-refractivity contribution in [2.75, 3.05) is 18.1 Å². The molecule has 1 saturated heterocycles. The molecule has 0 aromatic carbocycles. The third-order valence-corrected chi connectivity index (χ3v) is 5.55. The summed E-state index contributed by atoms with van der Waals surface area (Å²) in [5.41, 5.74) is 0.0969. The highest BCUT2D eigenvalue weighted by atomic mass is 35.5. The van der Waals surface area contributed by atoms with Crippen LogP contribution in [0.25, 0.3) is 0 Å². The van der Waals surface area contributed by atoms with Crippen molar-refractivity contribution in [1.29, 1.82) is 0 Å². The molecule has 1 aromatic rings. The summed E-state index contributed by atoms with van der Waals surface area (Å²) in [5.74, 6) is -2.26. The molecule has 1 aliphatic rings. The third-order valence-electron chi connectivity index (χ3n) is 3.16. The maximum atomic E-state index is 12.4. The fraction of sp³-hybridized carbons (Fsp3) is 0.455. The molecule has 1 amide bonds. The molecule has 116 valence electrons. The molecular formula is C11H12Cl2N2O5S. The molecule has 0 spiro atoms. The average Bonchev–Trinajstić information content (AvgIpc) is 2.67. The summed E-state index contributed by atoms with van der Waals surface area (Å²) in [6.45, 7) is -0.0621. The molecule has 2 N–H and O–H groups in total. The highest BCUT2D eigenvalue weighted by Crippen LogP contribution is 2.24. The van der Waals surface area contributed by atoms with Gasteiger partial charge in [0.15, 0.2) is 9.84 Å². The van der Waals surface area contributed by atoms with Gasteiger partial charge in [0.25, 0.3) is 5.91 Å². The molecule has 1 aromatic heterocycles. The minimum atomic E-state index is -3.35. The number of nitrogens with zero attached hydrogens (tertiary/aromatic N) is 1. The van der Waals surface area contributed by atoms with Gasteiger partial charge in [-0.2, -0.15) is 0 Å². The van der Waals surface area contributed by atoms with E-state index in [1.165, 1.54) is 11.0 Å². The number of amides is 1. The number of carboxylic acids is 1. The Balaban J connectivity index is 2.26. The van der Waals surface area contributed by atoms with Gasteiger partial charge in [-0.1, -0.05) is 23.2 Å². The lowest BCUT2D eigenvalue weighted by Gasteiger charge is -2.34. The molecule has 0 bridgehead atoms. The van der Waals surface area contributed by atoms with Gasteiger partial charge in [0.1, 0.15) is 10.8 Å². The first-order valence-corrected chi connectivity index (χ1v) is 8.54. The van der Waals surface area contributed by atoms with Crippen LogP contribution in [-0.4, -0.2) is 59.4 Å². The molecule has 1 aliphatic heterocycles. The molecule has 21 heavy (non-hydrogen) atoms. The Labute approximate surface area is 130 Å². The van der Waals surface area contributed by atoms with E-state index in [0.717, 1.165) is 0 Å². The van der Waals surface area contributed by atoms with Gasteiger partial charge in [-0.3, -0.25) is 9.59 Å². The third kappa shape index (κ3) is 3.69. The number of aromatic amines is 1. The van der Waals surface area contributed by atoms with Crippen molar-refractivity contribution < 1.29 is 23.1 Å². The highest BCUT2D eigenvalue weighted by molar-refractivity contribution is 7.91. The summed E-state index contributed by atoms with van der Waals surface area (Å²) in [5, 5.41) is 9.13. The molecule has 2 rings (SSSR count). The summed E-state index contributed by atoms with van der Waals surface area (Å²) >= 11 is 11.5. The predicted octanol–water partition coefficient (Wildman–Crippen LogP) is 1.04. The number of aromatic nitrogens is 1. The van der Waals surface area contributed by atoms with E-state index in [4.69, 9.17) is 28.3 Å². The predicted molar refractivity (Wildman–Crippen MR) is 76.5 cm³/mol. The molecule has 1 unspecified atom stereocenters. The largest absolute Gasteiger partial charge is 0.481 e. The van der Waals surface area contributed by atoms with Crippen LogP contribution < -0.4 is 0 Å². The van der Waals surface area contributed by atoms with Crippen molar-refractivity contribution in [3.63, 3.8) is 0 Å². The first-order valence-electron chi connectivity index (χ1n) is 5.97. The second kappa shape index (κ2) is 5.86. The zero-order valence-electron chi connectivity index (χ0n) is 10.7. The average molecular weight is 355 g/mol. The van der Waals surface area contributed by atoms with Gasteiger partial charge in [0.2, 0.25) is 0 Å². The summed E-state index contributed by atoms with van der Waals surface area (Å²) in [7, 11) is -3.35. The van der Waals surface area contributed by atoms with Crippen LogP contribution in [0.15, 0.2) is 6.07 Å². The number of sulfone groups is 1. The molecule has 2 heterocycles. The Morgan fingerprint density at radius 1 is 1.43 bits per heavy atom. The Morgan fingerprint density at radius 3 is 2.62 bits per heavy atom. The second-order valence-corrected chi connectivity index (χ2v) is 7.72. The van der Waals surface area contributed by atoms with Gasteiger partial charge in [0, 0.05) is 6.54 Å². The minimum absolute atomic E-state index is 0.0621. The van der Waals surface area contributed by atoms with Crippen LogP contribution in [0, 0.1) is 0 Å². The van der Waals surface area contributed by atoms with E-state index in [2.05, 4.69) is 4.98 Å². The molecule has 7 nitrogen and oxygen atoms in total. The van der Waals surface area contributed by atoms with Gasteiger partial charge in [-0.25, -0.2) is 8.42 Å². The molecule has 0 saturated carbocycles. The van der Waals surface area contributed by atoms with Crippen LogP contribution in [0.1, 0.15) is 16.9 Å². The van der Waals surface area contributed by atoms with Crippen LogP contribution in [0.3, 0.4) is 0 Å². The van der Waals surface area contributed by atoms with E-state index >= 15 is 0 Å². The first-order chi connectivity index (χ1) is 9.69. The number of hydrogen-bond donors (Lipinski definition) is 2. The minimum Gasteiger partial charge on any atom is -0.481 e. The van der Waals surface area contributed by atoms with E-state index in [1.54, 1.807) is 0 Å². The zero-order valence-corrected chi connectivity index (χ0v) is 13.0. The van der Waals surface area contributed by atoms with Crippen LogP contribution >= 0.6 is 23.2 Å². The summed E-state index contributed by atoms with van der Waals surface area (Å²) < 4.78 is 23.2. The monoisotopic (exact) mass is 354 g/mol. The van der Waals surface area contributed by atoms with Gasteiger partial charge in [-0.05, 0) is 6.07 Å². The number of carbonyl (C=O) groups is 2.